The van der Waals surface area contributed by atoms with Crippen molar-refractivity contribution in [2.24, 2.45) is 40.4 Å². The second-order valence-corrected chi connectivity index (χ2v) is 13.0. The molecule has 4 aliphatic rings. The van der Waals surface area contributed by atoms with Crippen molar-refractivity contribution in [2.75, 3.05) is 0 Å². The Balaban J connectivity index is 1.29. The number of aliphatic hydroxyl groups is 2. The molecule has 3 saturated carbocycles. The standard InChI is InChI=1S/C31H46O2/c1-21(14-19-31(4,33)22-8-6-5-7-9-22)26-12-13-27-25-11-10-23-20-24(32)15-17-29(23,2)28(25)16-18-30(26,27)3/h5-10,21,24-28,32-33H,11-20H2,1-4H3. The lowest BCUT2D eigenvalue weighted by Crippen LogP contribution is -2.50. The minimum Gasteiger partial charge on any atom is -0.393 e. The van der Waals surface area contributed by atoms with Crippen LogP contribution in [-0.4, -0.2) is 16.3 Å². The molecule has 1 aromatic carbocycles. The highest BCUT2D eigenvalue weighted by molar-refractivity contribution is 5.25. The Hall–Kier alpha value is -1.12. The van der Waals surface area contributed by atoms with E-state index >= 15 is 0 Å². The van der Waals surface area contributed by atoms with Crippen LogP contribution in [0, 0.1) is 40.4 Å². The van der Waals surface area contributed by atoms with Gasteiger partial charge >= 0.3 is 0 Å². The lowest BCUT2D eigenvalue weighted by Gasteiger charge is -2.58. The first kappa shape index (κ1) is 23.6. The zero-order valence-electron chi connectivity index (χ0n) is 21.4. The Morgan fingerprint density at radius 3 is 2.55 bits per heavy atom. The maximum Gasteiger partial charge on any atom is 0.0868 e. The van der Waals surface area contributed by atoms with Gasteiger partial charge in [-0.2, -0.15) is 0 Å². The molecule has 0 spiro atoms. The highest BCUT2D eigenvalue weighted by atomic mass is 16.3. The number of allylic oxidation sites excluding steroid dienone is 1. The van der Waals surface area contributed by atoms with Gasteiger partial charge in [-0.15, -0.1) is 0 Å². The van der Waals surface area contributed by atoms with Crippen molar-refractivity contribution in [2.45, 2.75) is 104 Å². The summed E-state index contributed by atoms with van der Waals surface area (Å²) in [5, 5.41) is 21.4. The molecule has 0 saturated heterocycles. The molecular formula is C31H46O2. The smallest absolute Gasteiger partial charge is 0.0868 e. The Bertz CT molecular complexity index is 872. The average Bonchev–Trinajstić information content (AvgIpc) is 3.16. The van der Waals surface area contributed by atoms with E-state index in [1.165, 1.54) is 38.5 Å². The van der Waals surface area contributed by atoms with Gasteiger partial charge < -0.3 is 10.2 Å². The lowest BCUT2D eigenvalue weighted by molar-refractivity contribution is -0.0589. The van der Waals surface area contributed by atoms with Gasteiger partial charge in [0.25, 0.3) is 0 Å². The number of hydrogen-bond donors (Lipinski definition) is 2. The van der Waals surface area contributed by atoms with E-state index in [0.29, 0.717) is 16.7 Å². The van der Waals surface area contributed by atoms with Crippen LogP contribution in [0.1, 0.15) is 97.5 Å². The summed E-state index contributed by atoms with van der Waals surface area (Å²) in [6.45, 7) is 9.62. The Morgan fingerprint density at radius 2 is 1.79 bits per heavy atom. The summed E-state index contributed by atoms with van der Waals surface area (Å²) in [5.74, 6) is 3.93. The summed E-state index contributed by atoms with van der Waals surface area (Å²) in [6, 6.07) is 10.2. The first-order chi connectivity index (χ1) is 15.6. The molecule has 2 nitrogen and oxygen atoms in total. The van der Waals surface area contributed by atoms with Gasteiger partial charge in [0.15, 0.2) is 0 Å². The quantitative estimate of drug-likeness (QED) is 0.464. The summed E-state index contributed by atoms with van der Waals surface area (Å²) in [7, 11) is 0. The maximum absolute atomic E-state index is 11.2. The fourth-order valence-corrected chi connectivity index (χ4v) is 9.27. The molecule has 0 radical (unpaired) electrons. The van der Waals surface area contributed by atoms with Crippen LogP contribution in [0.2, 0.25) is 0 Å². The number of hydrogen-bond acceptors (Lipinski definition) is 2. The molecule has 5 rings (SSSR count). The molecule has 0 heterocycles. The molecule has 182 valence electrons. The molecule has 0 aliphatic heterocycles. The van der Waals surface area contributed by atoms with E-state index < -0.39 is 5.60 Å². The molecule has 1 aromatic rings. The van der Waals surface area contributed by atoms with Gasteiger partial charge in [0.2, 0.25) is 0 Å². The average molecular weight is 451 g/mol. The van der Waals surface area contributed by atoms with E-state index in [1.54, 1.807) is 5.57 Å². The minimum absolute atomic E-state index is 0.112. The lowest BCUT2D eigenvalue weighted by atomic mass is 9.47. The summed E-state index contributed by atoms with van der Waals surface area (Å²) in [5.41, 5.74) is 2.67. The van der Waals surface area contributed by atoms with Crippen molar-refractivity contribution in [3.8, 4) is 0 Å². The minimum atomic E-state index is -0.739. The van der Waals surface area contributed by atoms with Gasteiger partial charge in [-0.3, -0.25) is 0 Å². The van der Waals surface area contributed by atoms with Crippen molar-refractivity contribution in [1.82, 2.24) is 0 Å². The third-order valence-corrected chi connectivity index (χ3v) is 11.3. The fraction of sp³-hybridized carbons (Fsp3) is 0.742. The van der Waals surface area contributed by atoms with Gasteiger partial charge in [-0.25, -0.2) is 0 Å². The zero-order chi connectivity index (χ0) is 23.4. The predicted octanol–water partition coefficient (Wildman–Crippen LogP) is 7.25. The molecule has 3 fully saturated rings. The third kappa shape index (κ3) is 3.94. The Morgan fingerprint density at radius 1 is 1.03 bits per heavy atom. The summed E-state index contributed by atoms with van der Waals surface area (Å²) in [4.78, 5) is 0. The summed E-state index contributed by atoms with van der Waals surface area (Å²) < 4.78 is 0. The monoisotopic (exact) mass is 450 g/mol. The normalized spacial score (nSPS) is 43.0. The number of fused-ring (bicyclic) bond motifs is 5. The van der Waals surface area contributed by atoms with Crippen molar-refractivity contribution in [3.05, 3.63) is 47.5 Å². The van der Waals surface area contributed by atoms with Gasteiger partial charge in [-0.05, 0) is 117 Å². The molecule has 0 bridgehead atoms. The van der Waals surface area contributed by atoms with Crippen molar-refractivity contribution in [1.29, 1.82) is 0 Å². The largest absolute Gasteiger partial charge is 0.393 e. The molecule has 9 unspecified atom stereocenters. The van der Waals surface area contributed by atoms with Crippen molar-refractivity contribution >= 4 is 0 Å². The third-order valence-electron chi connectivity index (χ3n) is 11.3. The molecule has 2 heteroatoms. The second kappa shape index (κ2) is 8.52. The number of aliphatic hydroxyl groups excluding tert-OH is 1. The van der Waals surface area contributed by atoms with Crippen LogP contribution in [0.15, 0.2) is 42.0 Å². The zero-order valence-corrected chi connectivity index (χ0v) is 21.4. The number of rotatable bonds is 5. The molecule has 0 aromatic heterocycles. The van der Waals surface area contributed by atoms with Gasteiger partial charge in [-0.1, -0.05) is 62.8 Å². The van der Waals surface area contributed by atoms with E-state index in [1.807, 2.05) is 25.1 Å². The topological polar surface area (TPSA) is 40.5 Å². The molecular weight excluding hydrogens is 404 g/mol. The predicted molar refractivity (Wildman–Crippen MR) is 136 cm³/mol. The van der Waals surface area contributed by atoms with Gasteiger partial charge in [0, 0.05) is 0 Å². The van der Waals surface area contributed by atoms with E-state index in [4.69, 9.17) is 0 Å². The highest BCUT2D eigenvalue weighted by Crippen LogP contribution is 2.67. The van der Waals surface area contributed by atoms with Crippen LogP contribution in [0.25, 0.3) is 0 Å². The summed E-state index contributed by atoms with van der Waals surface area (Å²) in [6.07, 6.45) is 14.2. The second-order valence-electron chi connectivity index (χ2n) is 13.0. The Kier molecular flexibility index (Phi) is 6.10. The molecule has 33 heavy (non-hydrogen) atoms. The van der Waals surface area contributed by atoms with E-state index in [2.05, 4.69) is 39.0 Å². The highest BCUT2D eigenvalue weighted by Gasteiger charge is 2.59. The van der Waals surface area contributed by atoms with E-state index in [-0.39, 0.29) is 6.10 Å². The first-order valence-electron chi connectivity index (χ1n) is 13.8. The number of benzene rings is 1. The van der Waals surface area contributed by atoms with E-state index in [0.717, 1.165) is 54.9 Å². The van der Waals surface area contributed by atoms with E-state index in [9.17, 15) is 10.2 Å². The molecule has 0 amide bonds. The van der Waals surface area contributed by atoms with Crippen LogP contribution in [0.5, 0.6) is 0 Å². The molecule has 2 N–H and O–H groups in total. The fourth-order valence-electron chi connectivity index (χ4n) is 9.27. The molecule has 9 atom stereocenters. The summed E-state index contributed by atoms with van der Waals surface area (Å²) >= 11 is 0. The van der Waals surface area contributed by atoms with Gasteiger partial charge in [0.05, 0.1) is 11.7 Å². The van der Waals surface area contributed by atoms with Crippen LogP contribution in [0.4, 0.5) is 0 Å². The first-order valence-corrected chi connectivity index (χ1v) is 13.8. The maximum atomic E-state index is 11.2. The Labute approximate surface area is 201 Å². The molecule has 4 aliphatic carbocycles. The van der Waals surface area contributed by atoms with Crippen LogP contribution >= 0.6 is 0 Å². The van der Waals surface area contributed by atoms with Crippen LogP contribution < -0.4 is 0 Å². The van der Waals surface area contributed by atoms with Crippen LogP contribution in [0.3, 0.4) is 0 Å². The van der Waals surface area contributed by atoms with Gasteiger partial charge in [0.1, 0.15) is 0 Å². The van der Waals surface area contributed by atoms with Crippen LogP contribution in [-0.2, 0) is 5.60 Å². The van der Waals surface area contributed by atoms with Crippen molar-refractivity contribution < 1.29 is 10.2 Å². The van der Waals surface area contributed by atoms with Crippen molar-refractivity contribution in [3.63, 3.8) is 0 Å². The SMILES string of the molecule is CC(CCC(C)(O)c1ccccc1)C1CCC2C3CC=C4CC(O)CCC4(C)C3CCC12C.